The summed E-state index contributed by atoms with van der Waals surface area (Å²) in [6.45, 7) is 3.28. The lowest BCUT2D eigenvalue weighted by Gasteiger charge is -2.19. The van der Waals surface area contributed by atoms with Crippen LogP contribution in [0.15, 0.2) is 35.7 Å². The van der Waals surface area contributed by atoms with Gasteiger partial charge in [-0.25, -0.2) is 0 Å². The molecule has 140 valence electrons. The Hall–Kier alpha value is -2.65. The SMILES string of the molecule is CC(C(=O)NCc1ccc2c(c1)OCCO2)n1c(-c2cccs2)n[nH]c1=S. The van der Waals surface area contributed by atoms with Crippen LogP contribution in [0.25, 0.3) is 10.7 Å². The van der Waals surface area contributed by atoms with E-state index in [1.807, 2.05) is 42.6 Å². The highest BCUT2D eigenvalue weighted by Crippen LogP contribution is 2.31. The van der Waals surface area contributed by atoms with Gasteiger partial charge in [-0.3, -0.25) is 14.5 Å². The van der Waals surface area contributed by atoms with Crippen LogP contribution in [0.2, 0.25) is 0 Å². The lowest BCUT2D eigenvalue weighted by atomic mass is 10.2. The molecule has 27 heavy (non-hydrogen) atoms. The Morgan fingerprint density at radius 1 is 1.37 bits per heavy atom. The van der Waals surface area contributed by atoms with Gasteiger partial charge in [0, 0.05) is 6.54 Å². The van der Waals surface area contributed by atoms with Gasteiger partial charge >= 0.3 is 0 Å². The van der Waals surface area contributed by atoms with Crippen molar-refractivity contribution in [2.24, 2.45) is 0 Å². The standard InChI is InChI=1S/C18H18N4O3S2/c1-11(22-16(20-21-18(22)26)15-3-2-8-27-15)17(23)19-10-12-4-5-13-14(9-12)25-7-6-24-13/h2-5,8-9,11H,6-7,10H2,1H3,(H,19,23)(H,21,26). The normalized spacial score (nSPS) is 14.0. The molecule has 7 nitrogen and oxygen atoms in total. The van der Waals surface area contributed by atoms with Crippen molar-refractivity contribution in [3.05, 3.63) is 46.0 Å². The maximum Gasteiger partial charge on any atom is 0.243 e. The molecule has 1 aliphatic rings. The lowest BCUT2D eigenvalue weighted by molar-refractivity contribution is -0.124. The first-order valence-electron chi connectivity index (χ1n) is 8.50. The number of hydrogen-bond donors (Lipinski definition) is 2. The molecule has 0 saturated heterocycles. The maximum absolute atomic E-state index is 12.7. The molecule has 0 radical (unpaired) electrons. The van der Waals surface area contributed by atoms with Gasteiger partial charge in [0.1, 0.15) is 19.3 Å². The molecule has 2 N–H and O–H groups in total. The molecule has 4 rings (SSSR count). The summed E-state index contributed by atoms with van der Waals surface area (Å²) in [5, 5.41) is 12.0. The predicted octanol–water partition coefficient (Wildman–Crippen LogP) is 3.32. The topological polar surface area (TPSA) is 81.2 Å². The van der Waals surface area contributed by atoms with Gasteiger partial charge in [0.05, 0.1) is 4.88 Å². The van der Waals surface area contributed by atoms with E-state index in [9.17, 15) is 4.79 Å². The average Bonchev–Trinajstić information content (AvgIpc) is 3.35. The van der Waals surface area contributed by atoms with Crippen molar-refractivity contribution in [1.82, 2.24) is 20.1 Å². The van der Waals surface area contributed by atoms with Crippen LogP contribution in [0, 0.1) is 4.77 Å². The van der Waals surface area contributed by atoms with E-state index in [1.165, 1.54) is 0 Å². The first-order valence-corrected chi connectivity index (χ1v) is 9.79. The number of nitrogens with zero attached hydrogens (tertiary/aromatic N) is 2. The van der Waals surface area contributed by atoms with Crippen molar-refractivity contribution in [2.75, 3.05) is 13.2 Å². The Bertz CT molecular complexity index is 1010. The quantitative estimate of drug-likeness (QED) is 0.640. The molecule has 1 aromatic carbocycles. The van der Waals surface area contributed by atoms with E-state index < -0.39 is 6.04 Å². The first-order chi connectivity index (χ1) is 13.1. The van der Waals surface area contributed by atoms with E-state index in [-0.39, 0.29) is 5.91 Å². The fourth-order valence-corrected chi connectivity index (χ4v) is 3.90. The first kappa shape index (κ1) is 17.7. The third-order valence-corrected chi connectivity index (χ3v) is 5.44. The molecule has 1 atom stereocenters. The summed E-state index contributed by atoms with van der Waals surface area (Å²) in [6.07, 6.45) is 0. The van der Waals surface area contributed by atoms with Crippen molar-refractivity contribution < 1.29 is 14.3 Å². The molecule has 0 saturated carbocycles. The summed E-state index contributed by atoms with van der Waals surface area (Å²) < 4.78 is 13.3. The molecule has 1 aliphatic heterocycles. The van der Waals surface area contributed by atoms with Crippen molar-refractivity contribution in [2.45, 2.75) is 19.5 Å². The minimum Gasteiger partial charge on any atom is -0.486 e. The van der Waals surface area contributed by atoms with Crippen LogP contribution >= 0.6 is 23.6 Å². The summed E-state index contributed by atoms with van der Waals surface area (Å²) >= 11 is 6.87. The van der Waals surface area contributed by atoms with Crippen LogP contribution in [0.5, 0.6) is 11.5 Å². The molecule has 3 aromatic rings. The third kappa shape index (κ3) is 3.60. The van der Waals surface area contributed by atoms with Crippen LogP contribution in [0.3, 0.4) is 0 Å². The monoisotopic (exact) mass is 402 g/mol. The molecule has 0 aliphatic carbocycles. The smallest absolute Gasteiger partial charge is 0.243 e. The Morgan fingerprint density at radius 2 is 2.19 bits per heavy atom. The second-order valence-electron chi connectivity index (χ2n) is 6.07. The molecule has 1 amide bonds. The number of amides is 1. The number of fused-ring (bicyclic) bond motifs is 1. The number of H-pyrrole nitrogens is 1. The molecule has 1 unspecified atom stereocenters. The van der Waals surface area contributed by atoms with Crippen molar-refractivity contribution in [1.29, 1.82) is 0 Å². The van der Waals surface area contributed by atoms with E-state index in [0.717, 1.165) is 16.2 Å². The van der Waals surface area contributed by atoms with Gasteiger partial charge in [0.15, 0.2) is 22.1 Å². The number of ether oxygens (including phenoxy) is 2. The molecular weight excluding hydrogens is 384 g/mol. The largest absolute Gasteiger partial charge is 0.486 e. The number of thiophene rings is 1. The minimum atomic E-state index is -0.495. The number of benzene rings is 1. The van der Waals surface area contributed by atoms with Gasteiger partial charge in [-0.05, 0) is 48.3 Å². The predicted molar refractivity (Wildman–Crippen MR) is 105 cm³/mol. The highest BCUT2D eigenvalue weighted by atomic mass is 32.1. The van der Waals surface area contributed by atoms with E-state index >= 15 is 0 Å². The van der Waals surface area contributed by atoms with Crippen LogP contribution in [-0.4, -0.2) is 33.9 Å². The number of rotatable bonds is 5. The fraction of sp³-hybridized carbons (Fsp3) is 0.278. The zero-order valence-electron chi connectivity index (χ0n) is 14.6. The summed E-state index contributed by atoms with van der Waals surface area (Å²) in [5.41, 5.74) is 0.939. The van der Waals surface area contributed by atoms with E-state index in [4.69, 9.17) is 21.7 Å². The zero-order valence-corrected chi connectivity index (χ0v) is 16.2. The molecule has 9 heteroatoms. The second-order valence-corrected chi connectivity index (χ2v) is 7.41. The Balaban J connectivity index is 1.48. The molecule has 0 spiro atoms. The van der Waals surface area contributed by atoms with Gasteiger partial charge in [-0.2, -0.15) is 5.10 Å². The number of hydrogen-bond acceptors (Lipinski definition) is 6. The lowest BCUT2D eigenvalue weighted by Crippen LogP contribution is -2.31. The average molecular weight is 403 g/mol. The van der Waals surface area contributed by atoms with Crippen molar-refractivity contribution in [3.63, 3.8) is 0 Å². The van der Waals surface area contributed by atoms with Crippen molar-refractivity contribution in [3.8, 4) is 22.2 Å². The molecule has 0 bridgehead atoms. The van der Waals surface area contributed by atoms with Gasteiger partial charge in [0.2, 0.25) is 5.91 Å². The van der Waals surface area contributed by atoms with Crippen LogP contribution < -0.4 is 14.8 Å². The van der Waals surface area contributed by atoms with Crippen LogP contribution in [0.4, 0.5) is 0 Å². The van der Waals surface area contributed by atoms with Gasteiger partial charge in [0.25, 0.3) is 0 Å². The second kappa shape index (κ2) is 7.53. The Kier molecular flexibility index (Phi) is 4.95. The minimum absolute atomic E-state index is 0.139. The number of aromatic amines is 1. The fourth-order valence-electron chi connectivity index (χ4n) is 2.90. The maximum atomic E-state index is 12.7. The molecule has 0 fully saturated rings. The third-order valence-electron chi connectivity index (χ3n) is 4.29. The highest BCUT2D eigenvalue weighted by Gasteiger charge is 2.21. The van der Waals surface area contributed by atoms with Gasteiger partial charge in [-0.1, -0.05) is 12.1 Å². The summed E-state index contributed by atoms with van der Waals surface area (Å²) in [6, 6.07) is 9.06. The molecule has 2 aromatic heterocycles. The van der Waals surface area contributed by atoms with Crippen molar-refractivity contribution >= 4 is 29.5 Å². The highest BCUT2D eigenvalue weighted by molar-refractivity contribution is 7.71. The van der Waals surface area contributed by atoms with Gasteiger partial charge in [-0.15, -0.1) is 11.3 Å². The van der Waals surface area contributed by atoms with Crippen LogP contribution in [0.1, 0.15) is 18.5 Å². The number of carbonyl (C=O) groups excluding carboxylic acids is 1. The van der Waals surface area contributed by atoms with E-state index in [1.54, 1.807) is 15.9 Å². The number of aromatic nitrogens is 3. The molecular formula is C18H18N4O3S2. The Morgan fingerprint density at radius 3 is 2.96 bits per heavy atom. The zero-order chi connectivity index (χ0) is 18.8. The number of nitrogens with one attached hydrogen (secondary N) is 2. The Labute approximate surface area is 164 Å². The van der Waals surface area contributed by atoms with E-state index in [2.05, 4.69) is 15.5 Å². The van der Waals surface area contributed by atoms with Gasteiger partial charge < -0.3 is 14.8 Å². The van der Waals surface area contributed by atoms with E-state index in [0.29, 0.717) is 36.1 Å². The summed E-state index contributed by atoms with van der Waals surface area (Å²) in [4.78, 5) is 13.7. The van der Waals surface area contributed by atoms with Crippen LogP contribution in [-0.2, 0) is 11.3 Å². The molecule has 3 heterocycles. The summed E-state index contributed by atoms with van der Waals surface area (Å²) in [7, 11) is 0. The number of carbonyl (C=O) groups is 1. The summed E-state index contributed by atoms with van der Waals surface area (Å²) in [5.74, 6) is 1.96.